The van der Waals surface area contributed by atoms with Gasteiger partial charge in [0.2, 0.25) is 0 Å². The number of rotatable bonds is 10. The van der Waals surface area contributed by atoms with E-state index in [-0.39, 0.29) is 24.3 Å². The molecule has 5 heteroatoms. The highest BCUT2D eigenvalue weighted by Crippen LogP contribution is 2.23. The van der Waals surface area contributed by atoms with Crippen LogP contribution >= 0.6 is 0 Å². The maximum absolute atomic E-state index is 12.6. The van der Waals surface area contributed by atoms with Crippen molar-refractivity contribution < 1.29 is 13.5 Å². The van der Waals surface area contributed by atoms with Gasteiger partial charge >= 0.3 is 0 Å². The second-order valence-electron chi connectivity index (χ2n) is 5.89. The summed E-state index contributed by atoms with van der Waals surface area (Å²) in [4.78, 5) is 0.341. The average Bonchev–Trinajstić information content (AvgIpc) is 2.51. The van der Waals surface area contributed by atoms with Crippen molar-refractivity contribution in [2.75, 3.05) is 12.4 Å². The van der Waals surface area contributed by atoms with Gasteiger partial charge in [-0.2, -0.15) is 0 Å². The third-order valence-electron chi connectivity index (χ3n) is 4.08. The monoisotopic (exact) mass is 327 g/mol. The first-order valence-corrected chi connectivity index (χ1v) is 9.79. The van der Waals surface area contributed by atoms with Crippen molar-refractivity contribution in [3.8, 4) is 0 Å². The average molecular weight is 327 g/mol. The highest BCUT2D eigenvalue weighted by Gasteiger charge is 2.21. The highest BCUT2D eigenvalue weighted by molar-refractivity contribution is 7.91. The van der Waals surface area contributed by atoms with Crippen molar-refractivity contribution in [1.82, 2.24) is 0 Å². The lowest BCUT2D eigenvalue weighted by Crippen LogP contribution is -2.17. The third kappa shape index (κ3) is 5.71. The van der Waals surface area contributed by atoms with E-state index in [9.17, 15) is 8.42 Å². The molecule has 22 heavy (non-hydrogen) atoms. The molecule has 0 radical (unpaired) electrons. The molecular weight excluding hydrogens is 298 g/mol. The Balaban J connectivity index is 2.90. The van der Waals surface area contributed by atoms with Crippen LogP contribution in [0.3, 0.4) is 0 Å². The Morgan fingerprint density at radius 3 is 2.55 bits per heavy atom. The van der Waals surface area contributed by atoms with Gasteiger partial charge in [0.1, 0.15) is 0 Å². The fraction of sp³-hybridized carbons (Fsp3) is 0.647. The molecule has 0 bridgehead atoms. The lowest BCUT2D eigenvalue weighted by atomic mass is 10.0. The Labute approximate surface area is 134 Å². The van der Waals surface area contributed by atoms with Gasteiger partial charge in [-0.05, 0) is 36.5 Å². The Hall–Kier alpha value is -0.910. The molecule has 0 saturated carbocycles. The summed E-state index contributed by atoms with van der Waals surface area (Å²) in [5, 5.41) is 8.96. The van der Waals surface area contributed by atoms with Crippen molar-refractivity contribution in [3.05, 3.63) is 29.8 Å². The summed E-state index contributed by atoms with van der Waals surface area (Å²) in [7, 11) is -3.29. The number of unbranched alkanes of at least 4 members (excludes halogenated alkanes) is 1. The van der Waals surface area contributed by atoms with E-state index in [0.29, 0.717) is 11.3 Å². The van der Waals surface area contributed by atoms with Crippen LogP contribution in [0.5, 0.6) is 0 Å². The van der Waals surface area contributed by atoms with Crippen LogP contribution in [-0.2, 0) is 9.84 Å². The molecule has 0 spiro atoms. The van der Waals surface area contributed by atoms with Crippen molar-refractivity contribution in [2.24, 2.45) is 11.7 Å². The first kappa shape index (κ1) is 19.1. The summed E-state index contributed by atoms with van der Waals surface area (Å²) < 4.78 is 25.2. The Morgan fingerprint density at radius 1 is 1.23 bits per heavy atom. The summed E-state index contributed by atoms with van der Waals surface area (Å²) >= 11 is 0. The van der Waals surface area contributed by atoms with Gasteiger partial charge in [0, 0.05) is 12.6 Å². The van der Waals surface area contributed by atoms with Crippen molar-refractivity contribution in [2.45, 2.75) is 56.9 Å². The normalized spacial score (nSPS) is 14.7. The largest absolute Gasteiger partial charge is 0.396 e. The molecule has 0 unspecified atom stereocenters. The lowest BCUT2D eigenvalue weighted by molar-refractivity contribution is 0.276. The van der Waals surface area contributed by atoms with Crippen LogP contribution in [0.1, 0.15) is 57.6 Å². The molecule has 0 fully saturated rings. The zero-order valence-electron chi connectivity index (χ0n) is 13.7. The number of aliphatic hydroxyl groups excluding tert-OH is 1. The standard InChI is InChI=1S/C17H29NO3S/c1-3-5-7-14(4-2)13-22(20,21)16-9-6-8-15(12-16)17(18)10-11-19/h6,8-9,12,14,17,19H,3-5,7,10-11,13,18H2,1-2H3/t14-,17+/m0/s1. The molecule has 0 aliphatic carbocycles. The van der Waals surface area contributed by atoms with Crippen LogP contribution < -0.4 is 5.73 Å². The van der Waals surface area contributed by atoms with Gasteiger partial charge in [-0.15, -0.1) is 0 Å². The molecule has 4 nitrogen and oxygen atoms in total. The number of aliphatic hydroxyl groups is 1. The summed E-state index contributed by atoms with van der Waals surface area (Å²) in [6.45, 7) is 4.16. The second-order valence-corrected chi connectivity index (χ2v) is 7.92. The van der Waals surface area contributed by atoms with Gasteiger partial charge in [0.05, 0.1) is 10.6 Å². The van der Waals surface area contributed by atoms with Gasteiger partial charge < -0.3 is 10.8 Å². The van der Waals surface area contributed by atoms with Crippen LogP contribution in [0.2, 0.25) is 0 Å². The van der Waals surface area contributed by atoms with Crippen LogP contribution in [0.25, 0.3) is 0 Å². The predicted molar refractivity (Wildman–Crippen MR) is 90.4 cm³/mol. The molecule has 0 heterocycles. The molecule has 0 aromatic heterocycles. The maximum Gasteiger partial charge on any atom is 0.178 e. The van der Waals surface area contributed by atoms with Gasteiger partial charge in [-0.3, -0.25) is 0 Å². The number of sulfone groups is 1. The van der Waals surface area contributed by atoms with Gasteiger partial charge in [-0.25, -0.2) is 8.42 Å². The number of hydrogen-bond acceptors (Lipinski definition) is 4. The summed E-state index contributed by atoms with van der Waals surface area (Å²) in [6, 6.07) is 6.50. The van der Waals surface area contributed by atoms with Crippen LogP contribution in [0.15, 0.2) is 29.2 Å². The Morgan fingerprint density at radius 2 is 1.95 bits per heavy atom. The van der Waals surface area contributed by atoms with Gasteiger partial charge in [0.25, 0.3) is 0 Å². The van der Waals surface area contributed by atoms with E-state index in [1.165, 1.54) is 0 Å². The van der Waals surface area contributed by atoms with E-state index in [2.05, 4.69) is 6.92 Å². The molecule has 126 valence electrons. The summed E-state index contributed by atoms with van der Waals surface area (Å²) in [5.74, 6) is 0.405. The first-order valence-electron chi connectivity index (χ1n) is 8.13. The minimum atomic E-state index is -3.29. The molecule has 2 atom stereocenters. The summed E-state index contributed by atoms with van der Waals surface area (Å²) in [5.41, 5.74) is 6.72. The summed E-state index contributed by atoms with van der Waals surface area (Å²) in [6.07, 6.45) is 4.41. The van der Waals surface area contributed by atoms with E-state index < -0.39 is 9.84 Å². The Bertz CT molecular complexity index is 543. The molecule has 1 aromatic carbocycles. The first-order chi connectivity index (χ1) is 10.4. The van der Waals surface area contributed by atoms with Crippen LogP contribution in [0, 0.1) is 5.92 Å². The lowest BCUT2D eigenvalue weighted by Gasteiger charge is -2.16. The fourth-order valence-corrected chi connectivity index (χ4v) is 4.37. The molecule has 0 aliphatic heterocycles. The van der Waals surface area contributed by atoms with Crippen LogP contribution in [-0.4, -0.2) is 25.9 Å². The van der Waals surface area contributed by atoms with E-state index in [1.807, 2.05) is 13.0 Å². The highest BCUT2D eigenvalue weighted by atomic mass is 32.2. The SMILES string of the molecule is CCCC[C@H](CC)CS(=O)(=O)c1cccc([C@H](N)CCO)c1. The zero-order chi connectivity index (χ0) is 16.6. The van der Waals surface area contributed by atoms with Gasteiger partial charge in [-0.1, -0.05) is 45.2 Å². The van der Waals surface area contributed by atoms with E-state index in [4.69, 9.17) is 10.8 Å². The third-order valence-corrected chi connectivity index (χ3v) is 5.97. The smallest absolute Gasteiger partial charge is 0.178 e. The molecule has 0 saturated heterocycles. The van der Waals surface area contributed by atoms with Crippen molar-refractivity contribution in [1.29, 1.82) is 0 Å². The maximum atomic E-state index is 12.6. The van der Waals surface area contributed by atoms with Crippen molar-refractivity contribution in [3.63, 3.8) is 0 Å². The van der Waals surface area contributed by atoms with E-state index in [1.54, 1.807) is 18.2 Å². The molecule has 0 amide bonds. The van der Waals surface area contributed by atoms with Crippen molar-refractivity contribution >= 4 is 9.84 Å². The number of benzene rings is 1. The molecule has 1 rings (SSSR count). The van der Waals surface area contributed by atoms with E-state index in [0.717, 1.165) is 31.2 Å². The zero-order valence-corrected chi connectivity index (χ0v) is 14.5. The quantitative estimate of drug-likeness (QED) is 0.692. The topological polar surface area (TPSA) is 80.4 Å². The van der Waals surface area contributed by atoms with Crippen LogP contribution in [0.4, 0.5) is 0 Å². The van der Waals surface area contributed by atoms with E-state index >= 15 is 0 Å². The fourth-order valence-electron chi connectivity index (χ4n) is 2.55. The predicted octanol–water partition coefficient (Wildman–Crippen LogP) is 3.06. The molecule has 0 aliphatic rings. The minimum absolute atomic E-state index is 0.00687. The second kappa shape index (κ2) is 9.28. The minimum Gasteiger partial charge on any atom is -0.396 e. The number of hydrogen-bond donors (Lipinski definition) is 2. The molecular formula is C17H29NO3S. The molecule has 3 N–H and O–H groups in total. The number of nitrogens with two attached hydrogens (primary N) is 1. The Kier molecular flexibility index (Phi) is 8.07. The molecule has 1 aromatic rings. The van der Waals surface area contributed by atoms with Gasteiger partial charge in [0.15, 0.2) is 9.84 Å².